The normalized spacial score (nSPS) is 11.5. The van der Waals surface area contributed by atoms with E-state index in [1.165, 1.54) is 5.56 Å². The van der Waals surface area contributed by atoms with Crippen LogP contribution in [0.25, 0.3) is 5.65 Å². The van der Waals surface area contributed by atoms with Crippen LogP contribution in [0.1, 0.15) is 11.3 Å². The van der Waals surface area contributed by atoms with Gasteiger partial charge < -0.3 is 19.8 Å². The Morgan fingerprint density at radius 3 is 2.69 bits per heavy atom. The van der Waals surface area contributed by atoms with Gasteiger partial charge in [-0.2, -0.15) is 0 Å². The molecule has 0 atom stereocenters. The number of aryl methyl sites for hydroxylation is 1. The van der Waals surface area contributed by atoms with Gasteiger partial charge in [0, 0.05) is 32.4 Å². The van der Waals surface area contributed by atoms with Crippen molar-refractivity contribution in [1.29, 1.82) is 0 Å². The molecular formula is C20H25N5O. The van der Waals surface area contributed by atoms with E-state index in [2.05, 4.69) is 44.2 Å². The molecule has 3 aromatic rings. The van der Waals surface area contributed by atoms with Crippen molar-refractivity contribution >= 4 is 11.6 Å². The van der Waals surface area contributed by atoms with Gasteiger partial charge in [-0.3, -0.25) is 4.99 Å². The first-order chi connectivity index (χ1) is 12.8. The number of hydrogen-bond donors (Lipinski definition) is 2. The Morgan fingerprint density at radius 2 is 1.92 bits per heavy atom. The first-order valence-electron chi connectivity index (χ1n) is 8.82. The average Bonchev–Trinajstić information content (AvgIpc) is 3.09. The third-order valence-corrected chi connectivity index (χ3v) is 4.03. The van der Waals surface area contributed by atoms with Gasteiger partial charge in [0.25, 0.3) is 0 Å². The van der Waals surface area contributed by atoms with Gasteiger partial charge in [0.05, 0.1) is 12.2 Å². The summed E-state index contributed by atoms with van der Waals surface area (Å²) in [5.41, 5.74) is 3.26. The van der Waals surface area contributed by atoms with Crippen LogP contribution in [0.4, 0.5) is 0 Å². The molecule has 0 unspecified atom stereocenters. The van der Waals surface area contributed by atoms with Crippen molar-refractivity contribution in [2.45, 2.75) is 13.3 Å². The lowest BCUT2D eigenvalue weighted by Gasteiger charge is -2.12. The molecule has 6 heteroatoms. The Morgan fingerprint density at radius 1 is 1.12 bits per heavy atom. The molecule has 2 heterocycles. The van der Waals surface area contributed by atoms with Gasteiger partial charge in [-0.1, -0.05) is 24.3 Å². The van der Waals surface area contributed by atoms with Crippen LogP contribution in [0.3, 0.4) is 0 Å². The Hall–Kier alpha value is -3.02. The van der Waals surface area contributed by atoms with Crippen LogP contribution >= 0.6 is 0 Å². The molecule has 0 amide bonds. The number of para-hydroxylation sites is 1. The summed E-state index contributed by atoms with van der Waals surface area (Å²) < 4.78 is 7.73. The topological polar surface area (TPSA) is 63.0 Å². The fourth-order valence-electron chi connectivity index (χ4n) is 2.71. The van der Waals surface area contributed by atoms with E-state index >= 15 is 0 Å². The van der Waals surface area contributed by atoms with Crippen molar-refractivity contribution in [3.05, 3.63) is 66.1 Å². The summed E-state index contributed by atoms with van der Waals surface area (Å²) in [5, 5.41) is 6.56. The van der Waals surface area contributed by atoms with Gasteiger partial charge >= 0.3 is 0 Å². The van der Waals surface area contributed by atoms with Crippen LogP contribution in [0.5, 0.6) is 5.75 Å². The molecule has 0 saturated carbocycles. The van der Waals surface area contributed by atoms with Crippen molar-refractivity contribution in [2.75, 3.05) is 26.7 Å². The maximum absolute atomic E-state index is 5.66. The fraction of sp³-hybridized carbons (Fsp3) is 0.300. The standard InChI is InChI=1S/C20H25N5O/c1-16-7-6-13-25-15-17(24-19(16)25)10-11-22-20(21-2)23-12-14-26-18-8-4-3-5-9-18/h3-9,13,15H,10-12,14H2,1-2H3,(H2,21,22,23). The molecule has 0 aliphatic heterocycles. The number of guanidine groups is 1. The van der Waals surface area contributed by atoms with E-state index in [0.717, 1.165) is 36.0 Å². The molecule has 6 nitrogen and oxygen atoms in total. The van der Waals surface area contributed by atoms with Gasteiger partial charge in [-0.15, -0.1) is 0 Å². The number of benzene rings is 1. The lowest BCUT2D eigenvalue weighted by atomic mass is 10.3. The number of nitrogens with one attached hydrogen (secondary N) is 2. The summed E-state index contributed by atoms with van der Waals surface area (Å²) in [6.07, 6.45) is 4.94. The van der Waals surface area contributed by atoms with Crippen molar-refractivity contribution in [1.82, 2.24) is 20.0 Å². The van der Waals surface area contributed by atoms with Gasteiger partial charge in [-0.25, -0.2) is 4.98 Å². The smallest absolute Gasteiger partial charge is 0.191 e. The van der Waals surface area contributed by atoms with Gasteiger partial charge in [0.15, 0.2) is 5.96 Å². The number of rotatable bonds is 7. The van der Waals surface area contributed by atoms with Crippen LogP contribution in [0.15, 0.2) is 59.9 Å². The zero-order valence-electron chi connectivity index (χ0n) is 15.3. The quantitative estimate of drug-likeness (QED) is 0.390. The number of nitrogens with zero attached hydrogens (tertiary/aromatic N) is 3. The molecule has 0 radical (unpaired) electrons. The maximum Gasteiger partial charge on any atom is 0.191 e. The highest BCUT2D eigenvalue weighted by atomic mass is 16.5. The number of imidazole rings is 1. The highest BCUT2D eigenvalue weighted by Gasteiger charge is 2.04. The summed E-state index contributed by atoms with van der Waals surface area (Å²) in [6.45, 7) is 4.11. The highest BCUT2D eigenvalue weighted by molar-refractivity contribution is 5.79. The number of aliphatic imine (C=N–C) groups is 1. The Labute approximate surface area is 153 Å². The summed E-state index contributed by atoms with van der Waals surface area (Å²) in [5.74, 6) is 1.64. The molecule has 0 fully saturated rings. The summed E-state index contributed by atoms with van der Waals surface area (Å²) >= 11 is 0. The zero-order valence-corrected chi connectivity index (χ0v) is 15.3. The van der Waals surface area contributed by atoms with Crippen molar-refractivity contribution in [2.24, 2.45) is 4.99 Å². The van der Waals surface area contributed by atoms with Crippen LogP contribution < -0.4 is 15.4 Å². The van der Waals surface area contributed by atoms with E-state index in [-0.39, 0.29) is 0 Å². The van der Waals surface area contributed by atoms with Crippen LogP contribution in [0.2, 0.25) is 0 Å². The number of fused-ring (bicyclic) bond motifs is 1. The fourth-order valence-corrected chi connectivity index (χ4v) is 2.71. The number of pyridine rings is 1. The van der Waals surface area contributed by atoms with Crippen LogP contribution in [0, 0.1) is 6.92 Å². The molecule has 0 aliphatic rings. The third kappa shape index (κ3) is 4.75. The lowest BCUT2D eigenvalue weighted by molar-refractivity contribution is 0.322. The number of aromatic nitrogens is 2. The lowest BCUT2D eigenvalue weighted by Crippen LogP contribution is -2.40. The van der Waals surface area contributed by atoms with Gasteiger partial charge in [0.1, 0.15) is 18.0 Å². The monoisotopic (exact) mass is 351 g/mol. The largest absolute Gasteiger partial charge is 0.492 e. The van der Waals surface area contributed by atoms with Crippen molar-refractivity contribution in [3.8, 4) is 5.75 Å². The SMILES string of the molecule is CN=C(NCCOc1ccccc1)NCCc1cn2cccc(C)c2n1. The molecule has 1 aromatic carbocycles. The van der Waals surface area contributed by atoms with E-state index < -0.39 is 0 Å². The minimum atomic E-state index is 0.580. The van der Waals surface area contributed by atoms with Gasteiger partial charge in [-0.05, 0) is 30.7 Å². The first-order valence-corrected chi connectivity index (χ1v) is 8.82. The van der Waals surface area contributed by atoms with E-state index in [4.69, 9.17) is 4.74 Å². The molecule has 0 bridgehead atoms. The number of hydrogen-bond acceptors (Lipinski definition) is 3. The average molecular weight is 351 g/mol. The second-order valence-electron chi connectivity index (χ2n) is 5.99. The van der Waals surface area contributed by atoms with Crippen molar-refractivity contribution in [3.63, 3.8) is 0 Å². The predicted molar refractivity (Wildman–Crippen MR) is 105 cm³/mol. The van der Waals surface area contributed by atoms with E-state index in [1.54, 1.807) is 7.05 Å². The molecule has 0 aliphatic carbocycles. The number of ether oxygens (including phenoxy) is 1. The van der Waals surface area contributed by atoms with E-state index in [0.29, 0.717) is 13.2 Å². The molecular weight excluding hydrogens is 326 g/mol. The van der Waals surface area contributed by atoms with Crippen LogP contribution in [-0.4, -0.2) is 42.1 Å². The maximum atomic E-state index is 5.66. The summed E-state index contributed by atoms with van der Waals surface area (Å²) in [4.78, 5) is 8.92. The summed E-state index contributed by atoms with van der Waals surface area (Å²) in [7, 11) is 1.77. The Bertz CT molecular complexity index is 857. The van der Waals surface area contributed by atoms with E-state index in [9.17, 15) is 0 Å². The van der Waals surface area contributed by atoms with Crippen LogP contribution in [-0.2, 0) is 6.42 Å². The molecule has 2 N–H and O–H groups in total. The minimum absolute atomic E-state index is 0.580. The summed E-state index contributed by atoms with van der Waals surface area (Å²) in [6, 6.07) is 13.9. The van der Waals surface area contributed by atoms with E-state index in [1.807, 2.05) is 42.6 Å². The third-order valence-electron chi connectivity index (χ3n) is 4.03. The highest BCUT2D eigenvalue weighted by Crippen LogP contribution is 2.10. The second kappa shape index (κ2) is 8.89. The molecule has 0 spiro atoms. The molecule has 136 valence electrons. The molecule has 2 aromatic heterocycles. The molecule has 3 rings (SSSR count). The molecule has 0 saturated heterocycles. The zero-order chi connectivity index (χ0) is 18.2. The van der Waals surface area contributed by atoms with Gasteiger partial charge in [0.2, 0.25) is 0 Å². The second-order valence-corrected chi connectivity index (χ2v) is 5.99. The minimum Gasteiger partial charge on any atom is -0.492 e. The molecule has 26 heavy (non-hydrogen) atoms. The van der Waals surface area contributed by atoms with Crippen molar-refractivity contribution < 1.29 is 4.74 Å². The Kier molecular flexibility index (Phi) is 6.09. The Balaban J connectivity index is 1.40. The first kappa shape index (κ1) is 17.8. The predicted octanol–water partition coefficient (Wildman–Crippen LogP) is 2.43.